The summed E-state index contributed by atoms with van der Waals surface area (Å²) in [6.07, 6.45) is 2.16. The van der Waals surface area contributed by atoms with Gasteiger partial charge in [0.25, 0.3) is 5.91 Å². The van der Waals surface area contributed by atoms with E-state index in [0.717, 1.165) is 18.4 Å². The number of fused-ring (bicyclic) bond motifs is 1. The molecule has 0 radical (unpaired) electrons. The number of nitrogens with one attached hydrogen (secondary N) is 2. The van der Waals surface area contributed by atoms with Crippen molar-refractivity contribution < 1.29 is 9.18 Å². The van der Waals surface area contributed by atoms with Gasteiger partial charge in [0.2, 0.25) is 0 Å². The van der Waals surface area contributed by atoms with Crippen molar-refractivity contribution in [1.29, 1.82) is 0 Å². The fourth-order valence-electron chi connectivity index (χ4n) is 3.11. The maximum absolute atomic E-state index is 13.3. The molecule has 0 atom stereocenters. The van der Waals surface area contributed by atoms with E-state index in [4.69, 9.17) is 0 Å². The Morgan fingerprint density at radius 3 is 2.93 bits per heavy atom. The summed E-state index contributed by atoms with van der Waals surface area (Å²) < 4.78 is 15.2. The fourth-order valence-corrected chi connectivity index (χ4v) is 3.11. The molecule has 0 saturated heterocycles. The number of amides is 1. The molecular formula is C19H15FN6O. The summed E-state index contributed by atoms with van der Waals surface area (Å²) in [6.45, 7) is 0. The summed E-state index contributed by atoms with van der Waals surface area (Å²) in [6, 6.07) is 13.7. The SMILES string of the molecule is O=C(Nc1cccc(-c2nnnn2C2CC2)c1)c1cc2cc(F)ccc2[nH]1. The van der Waals surface area contributed by atoms with E-state index < -0.39 is 0 Å². The number of aromatic nitrogens is 5. The lowest BCUT2D eigenvalue weighted by molar-refractivity contribution is 0.102. The number of hydrogen-bond donors (Lipinski definition) is 2. The molecule has 0 unspecified atom stereocenters. The van der Waals surface area contributed by atoms with E-state index in [9.17, 15) is 9.18 Å². The fraction of sp³-hybridized carbons (Fsp3) is 0.158. The molecule has 5 rings (SSSR count). The van der Waals surface area contributed by atoms with E-state index in [1.165, 1.54) is 12.1 Å². The molecule has 2 aromatic carbocycles. The predicted octanol–water partition coefficient (Wildman–Crippen LogP) is 3.55. The highest BCUT2D eigenvalue weighted by Gasteiger charge is 2.28. The second kappa shape index (κ2) is 6.01. The van der Waals surface area contributed by atoms with E-state index in [-0.39, 0.29) is 11.7 Å². The summed E-state index contributed by atoms with van der Waals surface area (Å²) in [5.41, 5.74) is 2.54. The number of rotatable bonds is 4. The molecule has 1 amide bonds. The van der Waals surface area contributed by atoms with Gasteiger partial charge in [-0.3, -0.25) is 4.79 Å². The van der Waals surface area contributed by atoms with Crippen LogP contribution in [0.4, 0.5) is 10.1 Å². The third-order valence-electron chi connectivity index (χ3n) is 4.59. The standard InChI is InChI=1S/C19H15FN6O/c20-13-4-7-16-12(8-13)10-17(22-16)19(27)21-14-3-1-2-11(9-14)18-23-24-25-26(18)15-5-6-15/h1-4,7-10,15,22H,5-6H2,(H,21,27). The first-order chi connectivity index (χ1) is 13.2. The number of halogens is 1. The van der Waals surface area contributed by atoms with Gasteiger partial charge in [-0.25, -0.2) is 9.07 Å². The van der Waals surface area contributed by atoms with Gasteiger partial charge < -0.3 is 10.3 Å². The monoisotopic (exact) mass is 362 g/mol. The molecule has 7 nitrogen and oxygen atoms in total. The highest BCUT2D eigenvalue weighted by atomic mass is 19.1. The first kappa shape index (κ1) is 15.7. The number of nitrogens with zero attached hydrogens (tertiary/aromatic N) is 4. The van der Waals surface area contributed by atoms with Crippen LogP contribution in [0.5, 0.6) is 0 Å². The molecule has 1 aliphatic carbocycles. The highest BCUT2D eigenvalue weighted by molar-refractivity contribution is 6.06. The average Bonchev–Trinajstić information content (AvgIpc) is 3.23. The molecule has 1 fully saturated rings. The maximum Gasteiger partial charge on any atom is 0.272 e. The van der Waals surface area contributed by atoms with Gasteiger partial charge in [0.05, 0.1) is 6.04 Å². The van der Waals surface area contributed by atoms with Crippen LogP contribution >= 0.6 is 0 Å². The zero-order chi connectivity index (χ0) is 18.4. The number of benzene rings is 2. The van der Waals surface area contributed by atoms with Crippen molar-refractivity contribution in [2.75, 3.05) is 5.32 Å². The first-order valence-corrected chi connectivity index (χ1v) is 8.65. The lowest BCUT2D eigenvalue weighted by atomic mass is 10.2. The molecule has 1 aliphatic rings. The van der Waals surface area contributed by atoms with Crippen molar-refractivity contribution in [3.8, 4) is 11.4 Å². The number of anilines is 1. The summed E-state index contributed by atoms with van der Waals surface area (Å²) in [5, 5.41) is 15.4. The van der Waals surface area contributed by atoms with Gasteiger partial charge >= 0.3 is 0 Å². The Kier molecular flexibility index (Phi) is 3.49. The van der Waals surface area contributed by atoms with Crippen LogP contribution in [0, 0.1) is 5.82 Å². The number of H-pyrrole nitrogens is 1. The molecular weight excluding hydrogens is 347 g/mol. The predicted molar refractivity (Wildman–Crippen MR) is 97.7 cm³/mol. The largest absolute Gasteiger partial charge is 0.351 e. The van der Waals surface area contributed by atoms with E-state index in [1.54, 1.807) is 18.2 Å². The topological polar surface area (TPSA) is 88.5 Å². The van der Waals surface area contributed by atoms with Crippen LogP contribution in [0.1, 0.15) is 29.4 Å². The summed E-state index contributed by atoms with van der Waals surface area (Å²) in [4.78, 5) is 15.6. The maximum atomic E-state index is 13.3. The minimum Gasteiger partial charge on any atom is -0.351 e. The number of carbonyl (C=O) groups is 1. The number of carbonyl (C=O) groups excluding carboxylic acids is 1. The van der Waals surface area contributed by atoms with Gasteiger partial charge in [0.15, 0.2) is 5.82 Å². The zero-order valence-electron chi connectivity index (χ0n) is 14.2. The number of hydrogen-bond acceptors (Lipinski definition) is 4. The van der Waals surface area contributed by atoms with Crippen LogP contribution < -0.4 is 5.32 Å². The van der Waals surface area contributed by atoms with Crippen LogP contribution in [0.25, 0.3) is 22.3 Å². The highest BCUT2D eigenvalue weighted by Crippen LogP contribution is 2.36. The van der Waals surface area contributed by atoms with Crippen LogP contribution in [-0.4, -0.2) is 31.1 Å². The third kappa shape index (κ3) is 2.95. The number of tetrazole rings is 1. The Bertz CT molecular complexity index is 1160. The van der Waals surface area contributed by atoms with E-state index in [2.05, 4.69) is 25.8 Å². The molecule has 134 valence electrons. The first-order valence-electron chi connectivity index (χ1n) is 8.65. The second-order valence-corrected chi connectivity index (χ2v) is 6.63. The molecule has 2 aromatic heterocycles. The molecule has 1 saturated carbocycles. The zero-order valence-corrected chi connectivity index (χ0v) is 14.2. The van der Waals surface area contributed by atoms with Gasteiger partial charge in [0, 0.05) is 22.2 Å². The smallest absolute Gasteiger partial charge is 0.272 e. The summed E-state index contributed by atoms with van der Waals surface area (Å²) in [7, 11) is 0. The molecule has 0 aliphatic heterocycles. The van der Waals surface area contributed by atoms with Crippen molar-refractivity contribution >= 4 is 22.5 Å². The molecule has 4 aromatic rings. The van der Waals surface area contributed by atoms with Crippen LogP contribution in [0.3, 0.4) is 0 Å². The normalized spacial score (nSPS) is 13.8. The summed E-state index contributed by atoms with van der Waals surface area (Å²) in [5.74, 6) is 0.0507. The summed E-state index contributed by atoms with van der Waals surface area (Å²) >= 11 is 0. The Hall–Kier alpha value is -3.55. The van der Waals surface area contributed by atoms with Gasteiger partial charge in [-0.05, 0) is 59.7 Å². The van der Waals surface area contributed by atoms with Gasteiger partial charge in [0.1, 0.15) is 11.5 Å². The van der Waals surface area contributed by atoms with Gasteiger partial charge in [-0.15, -0.1) is 5.10 Å². The van der Waals surface area contributed by atoms with E-state index >= 15 is 0 Å². The lowest BCUT2D eigenvalue weighted by Crippen LogP contribution is -2.12. The van der Waals surface area contributed by atoms with Crippen molar-refractivity contribution in [2.24, 2.45) is 0 Å². The minimum atomic E-state index is -0.338. The Morgan fingerprint density at radius 1 is 1.19 bits per heavy atom. The van der Waals surface area contributed by atoms with Gasteiger partial charge in [-0.2, -0.15) is 0 Å². The Labute approximate surface area is 153 Å². The molecule has 0 spiro atoms. The average molecular weight is 362 g/mol. The third-order valence-corrected chi connectivity index (χ3v) is 4.59. The van der Waals surface area contributed by atoms with E-state index in [0.29, 0.717) is 34.2 Å². The molecule has 0 bridgehead atoms. The molecule has 2 N–H and O–H groups in total. The molecule has 27 heavy (non-hydrogen) atoms. The Balaban J connectivity index is 1.41. The van der Waals surface area contributed by atoms with Gasteiger partial charge in [-0.1, -0.05) is 12.1 Å². The van der Waals surface area contributed by atoms with Crippen LogP contribution in [0.15, 0.2) is 48.5 Å². The quantitative estimate of drug-likeness (QED) is 0.581. The second-order valence-electron chi connectivity index (χ2n) is 6.63. The van der Waals surface area contributed by atoms with Crippen molar-refractivity contribution in [2.45, 2.75) is 18.9 Å². The number of aromatic amines is 1. The molecule has 2 heterocycles. The molecule has 8 heteroatoms. The van der Waals surface area contributed by atoms with E-state index in [1.807, 2.05) is 22.9 Å². The van der Waals surface area contributed by atoms with Crippen molar-refractivity contribution in [3.05, 3.63) is 60.0 Å². The lowest BCUT2D eigenvalue weighted by Gasteiger charge is -2.07. The van der Waals surface area contributed by atoms with Crippen LogP contribution in [0.2, 0.25) is 0 Å². The minimum absolute atomic E-state index is 0.300. The van der Waals surface area contributed by atoms with Crippen LogP contribution in [-0.2, 0) is 0 Å². The van der Waals surface area contributed by atoms with Crippen molar-refractivity contribution in [3.63, 3.8) is 0 Å². The Morgan fingerprint density at radius 2 is 2.07 bits per heavy atom. The van der Waals surface area contributed by atoms with Crippen molar-refractivity contribution in [1.82, 2.24) is 25.2 Å².